The molecule has 3 heterocycles. The molecule has 9 aromatic rings. The van der Waals surface area contributed by atoms with Crippen molar-refractivity contribution in [2.75, 3.05) is 0 Å². The van der Waals surface area contributed by atoms with Crippen LogP contribution in [0, 0.1) is 0 Å². The van der Waals surface area contributed by atoms with Crippen LogP contribution < -0.4 is 0 Å². The minimum atomic E-state index is 0.954. The fraction of sp³-hybridized carbons (Fsp3) is 0. The smallest absolute Gasteiger partial charge is 0.0702 e. The first-order valence-electron chi connectivity index (χ1n) is 17.7. The van der Waals surface area contributed by atoms with Crippen LogP contribution in [0.3, 0.4) is 0 Å². The molecule has 250 valence electrons. The summed E-state index contributed by atoms with van der Waals surface area (Å²) in [6.07, 6.45) is 7.81. The molecule has 4 heteroatoms. The topological polar surface area (TPSA) is 54.5 Å². The van der Waals surface area contributed by atoms with E-state index in [0.29, 0.717) is 0 Å². The molecule has 1 N–H and O–H groups in total. The van der Waals surface area contributed by atoms with Gasteiger partial charge in [0.2, 0.25) is 0 Å². The highest BCUT2D eigenvalue weighted by Gasteiger charge is 2.17. The lowest BCUT2D eigenvalue weighted by Gasteiger charge is -2.17. The van der Waals surface area contributed by atoms with E-state index in [9.17, 15) is 0 Å². The molecule has 53 heavy (non-hydrogen) atoms. The van der Waals surface area contributed by atoms with Gasteiger partial charge in [0, 0.05) is 46.4 Å². The van der Waals surface area contributed by atoms with Crippen LogP contribution in [-0.4, -0.2) is 20.2 Å². The molecule has 0 radical (unpaired) electrons. The summed E-state index contributed by atoms with van der Waals surface area (Å²) >= 11 is 0. The largest absolute Gasteiger partial charge is 0.285 e. The normalized spacial score (nSPS) is 11.0. The number of aromatic nitrogens is 4. The summed E-state index contributed by atoms with van der Waals surface area (Å²) in [5.41, 5.74) is 17.4. The average molecular weight is 679 g/mol. The van der Waals surface area contributed by atoms with E-state index in [1.54, 1.807) is 0 Å². The maximum Gasteiger partial charge on any atom is 0.0702 e. The monoisotopic (exact) mass is 678 g/mol. The molecule has 0 bridgehead atoms. The maximum absolute atomic E-state index is 4.89. The third-order valence-corrected chi connectivity index (χ3v) is 9.74. The number of benzene rings is 6. The Hall–Kier alpha value is -7.17. The van der Waals surface area contributed by atoms with Crippen LogP contribution in [0.1, 0.15) is 0 Å². The molecule has 9 rings (SSSR count). The van der Waals surface area contributed by atoms with Crippen LogP contribution in [0.5, 0.6) is 0 Å². The van der Waals surface area contributed by atoms with Crippen LogP contribution in [0.2, 0.25) is 0 Å². The molecule has 0 saturated carbocycles. The van der Waals surface area contributed by atoms with Gasteiger partial charge in [0.1, 0.15) is 0 Å². The van der Waals surface area contributed by atoms with E-state index in [1.165, 1.54) is 0 Å². The molecule has 4 nitrogen and oxygen atoms in total. The predicted molar refractivity (Wildman–Crippen MR) is 218 cm³/mol. The van der Waals surface area contributed by atoms with Crippen molar-refractivity contribution in [2.24, 2.45) is 0 Å². The van der Waals surface area contributed by atoms with E-state index >= 15 is 0 Å². The summed E-state index contributed by atoms with van der Waals surface area (Å²) in [6.45, 7) is 0. The van der Waals surface area contributed by atoms with Gasteiger partial charge in [-0.05, 0) is 80.4 Å². The van der Waals surface area contributed by atoms with Gasteiger partial charge in [-0.1, -0.05) is 146 Å². The lowest BCUT2D eigenvalue weighted by molar-refractivity contribution is 1.09. The zero-order valence-electron chi connectivity index (χ0n) is 28.9. The first kappa shape index (κ1) is 31.8. The highest BCUT2D eigenvalue weighted by atomic mass is 15.1. The maximum atomic E-state index is 4.89. The average Bonchev–Trinajstić information content (AvgIpc) is 3.80. The van der Waals surface area contributed by atoms with Gasteiger partial charge in [0.05, 0.1) is 17.6 Å². The lowest BCUT2D eigenvalue weighted by Crippen LogP contribution is -1.92. The van der Waals surface area contributed by atoms with E-state index in [1.807, 2.05) is 61.2 Å². The van der Waals surface area contributed by atoms with Crippen LogP contribution in [0.25, 0.3) is 89.3 Å². The summed E-state index contributed by atoms with van der Waals surface area (Å²) in [4.78, 5) is 9.77. The Bertz CT molecular complexity index is 2480. The van der Waals surface area contributed by atoms with Crippen molar-refractivity contribution in [3.63, 3.8) is 0 Å². The molecule has 0 atom stereocenters. The molecular weight excluding hydrogens is 645 g/mol. The summed E-state index contributed by atoms with van der Waals surface area (Å²) in [5, 5.41) is 7.27. The predicted octanol–water partition coefficient (Wildman–Crippen LogP) is 12.5. The number of nitrogens with zero attached hydrogens (tertiary/aromatic N) is 3. The van der Waals surface area contributed by atoms with Crippen molar-refractivity contribution in [3.05, 3.63) is 201 Å². The summed E-state index contributed by atoms with van der Waals surface area (Å²) in [7, 11) is 0. The fourth-order valence-electron chi connectivity index (χ4n) is 7.12. The van der Waals surface area contributed by atoms with Crippen molar-refractivity contribution in [1.82, 2.24) is 20.2 Å². The Morgan fingerprint density at radius 2 is 0.642 bits per heavy atom. The molecule has 0 unspecified atom stereocenters. The van der Waals surface area contributed by atoms with Gasteiger partial charge < -0.3 is 0 Å². The Morgan fingerprint density at radius 3 is 0.981 bits per heavy atom. The van der Waals surface area contributed by atoms with Crippen LogP contribution in [0.4, 0.5) is 0 Å². The Balaban J connectivity index is 1.20. The van der Waals surface area contributed by atoms with Gasteiger partial charge in [-0.25, -0.2) is 0 Å². The van der Waals surface area contributed by atoms with Crippen molar-refractivity contribution in [2.45, 2.75) is 0 Å². The van der Waals surface area contributed by atoms with Crippen LogP contribution >= 0.6 is 0 Å². The van der Waals surface area contributed by atoms with Gasteiger partial charge in [0.25, 0.3) is 0 Å². The molecular formula is C49H34N4. The number of H-pyrrole nitrogens is 1. The van der Waals surface area contributed by atoms with Gasteiger partial charge in [-0.15, -0.1) is 0 Å². The number of hydrogen-bond donors (Lipinski definition) is 1. The molecule has 0 amide bonds. The number of nitrogens with one attached hydrogen (secondary N) is 1. The molecule has 0 spiro atoms. The highest BCUT2D eigenvalue weighted by Crippen LogP contribution is 2.42. The van der Waals surface area contributed by atoms with Gasteiger partial charge >= 0.3 is 0 Å². The first-order valence-corrected chi connectivity index (χ1v) is 17.7. The van der Waals surface area contributed by atoms with E-state index < -0.39 is 0 Å². The van der Waals surface area contributed by atoms with Gasteiger partial charge in [0.15, 0.2) is 0 Å². The van der Waals surface area contributed by atoms with E-state index in [4.69, 9.17) is 9.97 Å². The number of hydrogen-bond acceptors (Lipinski definition) is 3. The quantitative estimate of drug-likeness (QED) is 0.174. The van der Waals surface area contributed by atoms with E-state index in [2.05, 4.69) is 150 Å². The minimum absolute atomic E-state index is 0.954. The second kappa shape index (κ2) is 14.2. The van der Waals surface area contributed by atoms with Crippen molar-refractivity contribution >= 4 is 0 Å². The standard InChI is InChI=1S/C49H34N4/c1-3-13-34(14-4-1)48-25-23-36(30-50-48)42-17-7-9-19-44(42)38-27-39(29-40(28-38)46-21-11-12-22-47(46)41-32-52-53-33-41)45-20-10-8-18-43(45)37-24-26-49(51-31-37)35-15-5-2-6-16-35/h1-33H,(H,52,53). The second-order valence-electron chi connectivity index (χ2n) is 13.0. The van der Waals surface area contributed by atoms with Crippen LogP contribution in [-0.2, 0) is 0 Å². The SMILES string of the molecule is c1ccc(-c2ccc(-c3ccccc3-c3cc(-c4ccccc4-c4ccc(-c5ccccc5)nc4)cc(-c4ccccc4-c4cn[nH]c4)c3)cn2)cc1. The zero-order valence-corrected chi connectivity index (χ0v) is 28.9. The molecule has 0 aliphatic heterocycles. The molecule has 0 saturated heterocycles. The molecule has 3 aromatic heterocycles. The van der Waals surface area contributed by atoms with E-state index in [0.717, 1.165) is 89.3 Å². The van der Waals surface area contributed by atoms with Gasteiger partial charge in [-0.3, -0.25) is 15.1 Å². The fourth-order valence-corrected chi connectivity index (χ4v) is 7.12. The van der Waals surface area contributed by atoms with Crippen LogP contribution in [0.15, 0.2) is 201 Å². The third-order valence-electron chi connectivity index (χ3n) is 9.74. The molecule has 0 aliphatic rings. The Kier molecular flexibility index (Phi) is 8.53. The van der Waals surface area contributed by atoms with Crippen molar-refractivity contribution in [1.29, 1.82) is 0 Å². The Labute approximate surface area is 309 Å². The zero-order chi connectivity index (χ0) is 35.4. The van der Waals surface area contributed by atoms with Crippen molar-refractivity contribution in [3.8, 4) is 89.3 Å². The lowest BCUT2D eigenvalue weighted by atomic mass is 9.86. The number of aromatic amines is 1. The van der Waals surface area contributed by atoms with E-state index in [-0.39, 0.29) is 0 Å². The molecule has 0 fully saturated rings. The Morgan fingerprint density at radius 1 is 0.283 bits per heavy atom. The first-order chi connectivity index (χ1) is 26.3. The molecule has 6 aromatic carbocycles. The number of rotatable bonds is 8. The highest BCUT2D eigenvalue weighted by molar-refractivity contribution is 5.94. The summed E-state index contributed by atoms with van der Waals surface area (Å²) in [6, 6.07) is 61.9. The third kappa shape index (κ3) is 6.46. The van der Waals surface area contributed by atoms with Crippen molar-refractivity contribution < 1.29 is 0 Å². The minimum Gasteiger partial charge on any atom is -0.285 e. The summed E-state index contributed by atoms with van der Waals surface area (Å²) < 4.78 is 0. The molecule has 0 aliphatic carbocycles. The number of pyridine rings is 2. The second-order valence-corrected chi connectivity index (χ2v) is 13.0. The summed E-state index contributed by atoms with van der Waals surface area (Å²) in [5.74, 6) is 0. The van der Waals surface area contributed by atoms with Gasteiger partial charge in [-0.2, -0.15) is 5.10 Å².